The first-order valence-corrected chi connectivity index (χ1v) is 11.9. The first kappa shape index (κ1) is 25.7. The van der Waals surface area contributed by atoms with Crippen LogP contribution in [-0.2, 0) is 24.4 Å². The van der Waals surface area contributed by atoms with Gasteiger partial charge in [-0.15, -0.1) is 0 Å². The summed E-state index contributed by atoms with van der Waals surface area (Å²) in [4.78, 5) is 34.5. The number of aliphatic carboxylic acids is 1. The highest BCUT2D eigenvalue weighted by atomic mass is 32.2. The van der Waals surface area contributed by atoms with E-state index in [0.717, 1.165) is 44.5 Å². The smallest absolute Gasteiger partial charge is 0.323 e. The first-order chi connectivity index (χ1) is 15.2. The van der Waals surface area contributed by atoms with Crippen LogP contribution in [0.15, 0.2) is 29.2 Å². The van der Waals surface area contributed by atoms with Crippen molar-refractivity contribution in [2.24, 2.45) is 5.92 Å². The molecule has 32 heavy (non-hydrogen) atoms. The lowest BCUT2D eigenvalue weighted by Gasteiger charge is -2.22. The van der Waals surface area contributed by atoms with Gasteiger partial charge in [-0.1, -0.05) is 12.1 Å². The van der Waals surface area contributed by atoms with Crippen LogP contribution in [0, 0.1) is 11.7 Å². The number of hydrogen-bond donors (Lipinski definition) is 5. The van der Waals surface area contributed by atoms with Gasteiger partial charge in [-0.3, -0.25) is 14.4 Å². The van der Waals surface area contributed by atoms with E-state index in [-0.39, 0.29) is 18.9 Å². The quantitative estimate of drug-likeness (QED) is 0.286. The van der Waals surface area contributed by atoms with Gasteiger partial charge >= 0.3 is 5.97 Å². The van der Waals surface area contributed by atoms with Crippen LogP contribution in [0.1, 0.15) is 32.1 Å². The monoisotopic (exact) mass is 472 g/mol. The number of carboxylic acid groups (broad SMARTS) is 1. The van der Waals surface area contributed by atoms with Gasteiger partial charge in [-0.25, -0.2) is 12.8 Å². The maximum atomic E-state index is 13.7. The Morgan fingerprint density at radius 3 is 2.41 bits per heavy atom. The van der Waals surface area contributed by atoms with Crippen LogP contribution in [0.4, 0.5) is 4.39 Å². The molecule has 1 aliphatic heterocycles. The number of sulfonamides is 1. The molecular weight excluding hydrogens is 443 g/mol. The topological polar surface area (TPSA) is 154 Å². The van der Waals surface area contributed by atoms with Crippen LogP contribution in [0.25, 0.3) is 0 Å². The predicted octanol–water partition coefficient (Wildman–Crippen LogP) is -0.0405. The van der Waals surface area contributed by atoms with Crippen molar-refractivity contribution in [2.75, 3.05) is 26.2 Å². The first-order valence-electron chi connectivity index (χ1n) is 10.4. The SMILES string of the molecule is O=C(CCC1CCNCC1)NCCC(=O)NC[C@H](NS(=O)(=O)c1ccccc1F)C(=O)O. The van der Waals surface area contributed by atoms with E-state index in [1.165, 1.54) is 12.1 Å². The van der Waals surface area contributed by atoms with Crippen molar-refractivity contribution in [3.8, 4) is 0 Å². The Bertz CT molecular complexity index is 905. The molecule has 0 radical (unpaired) electrons. The van der Waals surface area contributed by atoms with E-state index in [0.29, 0.717) is 12.3 Å². The Morgan fingerprint density at radius 2 is 1.75 bits per heavy atom. The molecule has 178 valence electrons. The maximum absolute atomic E-state index is 13.7. The number of carbonyl (C=O) groups excluding carboxylic acids is 2. The van der Waals surface area contributed by atoms with Gasteiger partial charge in [0.25, 0.3) is 0 Å². The van der Waals surface area contributed by atoms with Gasteiger partial charge in [0, 0.05) is 25.9 Å². The fourth-order valence-corrected chi connectivity index (χ4v) is 4.57. The molecule has 0 unspecified atom stereocenters. The zero-order valence-electron chi connectivity index (χ0n) is 17.6. The molecule has 1 aromatic rings. The second kappa shape index (κ2) is 12.5. The Balaban J connectivity index is 1.73. The van der Waals surface area contributed by atoms with Crippen molar-refractivity contribution in [2.45, 2.75) is 43.0 Å². The van der Waals surface area contributed by atoms with Crippen molar-refractivity contribution in [1.29, 1.82) is 0 Å². The minimum Gasteiger partial charge on any atom is -0.480 e. The zero-order chi connectivity index (χ0) is 23.6. The third kappa shape index (κ3) is 8.52. The van der Waals surface area contributed by atoms with E-state index in [2.05, 4.69) is 16.0 Å². The lowest BCUT2D eigenvalue weighted by molar-refractivity contribution is -0.138. The van der Waals surface area contributed by atoms with Crippen molar-refractivity contribution < 1.29 is 32.3 Å². The number of carbonyl (C=O) groups is 3. The summed E-state index contributed by atoms with van der Waals surface area (Å²) in [6.45, 7) is 1.46. The maximum Gasteiger partial charge on any atom is 0.323 e. The molecule has 0 aliphatic carbocycles. The Labute approximate surface area is 186 Å². The minimum absolute atomic E-state index is 0.0789. The molecule has 0 spiro atoms. The number of rotatable bonds is 12. The third-order valence-electron chi connectivity index (χ3n) is 5.14. The molecule has 2 amide bonds. The number of hydrogen-bond acceptors (Lipinski definition) is 6. The predicted molar refractivity (Wildman–Crippen MR) is 114 cm³/mol. The van der Waals surface area contributed by atoms with Crippen LogP contribution in [0.3, 0.4) is 0 Å². The van der Waals surface area contributed by atoms with Gasteiger partial charge < -0.3 is 21.1 Å². The lowest BCUT2D eigenvalue weighted by Crippen LogP contribution is -2.48. The Kier molecular flexibility index (Phi) is 10.0. The van der Waals surface area contributed by atoms with E-state index in [4.69, 9.17) is 0 Å². The van der Waals surface area contributed by atoms with Crippen molar-refractivity contribution in [1.82, 2.24) is 20.7 Å². The van der Waals surface area contributed by atoms with E-state index in [9.17, 15) is 32.3 Å². The Morgan fingerprint density at radius 1 is 1.09 bits per heavy atom. The van der Waals surface area contributed by atoms with Gasteiger partial charge in [0.2, 0.25) is 21.8 Å². The molecule has 5 N–H and O–H groups in total. The highest BCUT2D eigenvalue weighted by Gasteiger charge is 2.27. The van der Waals surface area contributed by atoms with Gasteiger partial charge in [0.15, 0.2) is 0 Å². The van der Waals surface area contributed by atoms with E-state index >= 15 is 0 Å². The summed E-state index contributed by atoms with van der Waals surface area (Å²) in [7, 11) is -4.45. The summed E-state index contributed by atoms with van der Waals surface area (Å²) in [5.74, 6) is -2.75. The number of nitrogens with one attached hydrogen (secondary N) is 4. The standard InChI is InChI=1S/C20H29FN4O6S/c21-15-3-1-2-4-17(15)32(30,31)25-16(20(28)29)13-24-19(27)9-12-23-18(26)6-5-14-7-10-22-11-8-14/h1-4,14,16,22,25H,5-13H2,(H,23,26)(H,24,27)(H,28,29)/t16-/m0/s1. The summed E-state index contributed by atoms with van der Waals surface area (Å²) in [6.07, 6.45) is 3.17. The van der Waals surface area contributed by atoms with Crippen LogP contribution in [0.2, 0.25) is 0 Å². The fraction of sp³-hybridized carbons (Fsp3) is 0.550. The summed E-state index contributed by atoms with van der Waals surface area (Å²) in [5.41, 5.74) is 0. The molecule has 0 saturated carbocycles. The van der Waals surface area contributed by atoms with Crippen LogP contribution >= 0.6 is 0 Å². The van der Waals surface area contributed by atoms with Crippen LogP contribution in [-0.4, -0.2) is 63.5 Å². The third-order valence-corrected chi connectivity index (χ3v) is 6.64. The van der Waals surface area contributed by atoms with Crippen molar-refractivity contribution >= 4 is 27.8 Å². The molecule has 1 heterocycles. The fourth-order valence-electron chi connectivity index (χ4n) is 3.31. The molecule has 0 aromatic heterocycles. The number of halogens is 1. The molecule has 0 bridgehead atoms. The van der Waals surface area contributed by atoms with E-state index in [1.807, 2.05) is 4.72 Å². The number of carboxylic acids is 1. The molecule has 10 nitrogen and oxygen atoms in total. The van der Waals surface area contributed by atoms with Gasteiger partial charge in [-0.05, 0) is 50.4 Å². The second-order valence-electron chi connectivity index (χ2n) is 7.58. The molecule has 1 fully saturated rings. The van der Waals surface area contributed by atoms with E-state index in [1.54, 1.807) is 0 Å². The molecular formula is C20H29FN4O6S. The number of piperidine rings is 1. The minimum atomic E-state index is -4.45. The summed E-state index contributed by atoms with van der Waals surface area (Å²) in [5, 5.41) is 17.5. The summed E-state index contributed by atoms with van der Waals surface area (Å²) >= 11 is 0. The van der Waals surface area contributed by atoms with Crippen LogP contribution < -0.4 is 20.7 Å². The number of amides is 2. The van der Waals surface area contributed by atoms with Gasteiger partial charge in [-0.2, -0.15) is 4.72 Å². The molecule has 2 rings (SSSR count). The van der Waals surface area contributed by atoms with Crippen molar-refractivity contribution in [3.63, 3.8) is 0 Å². The van der Waals surface area contributed by atoms with Crippen molar-refractivity contribution in [3.05, 3.63) is 30.1 Å². The molecule has 1 aromatic carbocycles. The lowest BCUT2D eigenvalue weighted by atomic mass is 9.93. The average molecular weight is 473 g/mol. The number of benzene rings is 1. The van der Waals surface area contributed by atoms with Gasteiger partial charge in [0.05, 0.1) is 0 Å². The zero-order valence-corrected chi connectivity index (χ0v) is 18.4. The van der Waals surface area contributed by atoms with Gasteiger partial charge in [0.1, 0.15) is 16.8 Å². The van der Waals surface area contributed by atoms with E-state index < -0.39 is 45.2 Å². The average Bonchev–Trinajstić information content (AvgIpc) is 2.76. The highest BCUT2D eigenvalue weighted by Crippen LogP contribution is 2.17. The normalized spacial score (nSPS) is 15.7. The molecule has 12 heteroatoms. The van der Waals surface area contributed by atoms with Crippen LogP contribution in [0.5, 0.6) is 0 Å². The summed E-state index contributed by atoms with van der Waals surface area (Å²) in [6, 6.07) is 2.85. The highest BCUT2D eigenvalue weighted by molar-refractivity contribution is 7.89. The molecule has 1 aliphatic rings. The Hall–Kier alpha value is -2.57. The molecule has 1 saturated heterocycles. The molecule has 1 atom stereocenters. The largest absolute Gasteiger partial charge is 0.480 e. The summed E-state index contributed by atoms with van der Waals surface area (Å²) < 4.78 is 40.1. The second-order valence-corrected chi connectivity index (χ2v) is 9.26.